The number of hydrogen-bond donors (Lipinski definition) is 2. The highest BCUT2D eigenvalue weighted by Crippen LogP contribution is 2.25. The van der Waals surface area contributed by atoms with Gasteiger partial charge in [0.1, 0.15) is 4.21 Å². The van der Waals surface area contributed by atoms with E-state index in [1.807, 2.05) is 38.2 Å². The van der Waals surface area contributed by atoms with Gasteiger partial charge in [0.05, 0.1) is 5.69 Å². The number of benzene rings is 1. The molecule has 6 heteroatoms. The number of anilines is 1. The summed E-state index contributed by atoms with van der Waals surface area (Å²) < 4.78 is 27.9. The van der Waals surface area contributed by atoms with Crippen molar-refractivity contribution in [2.24, 2.45) is 0 Å². The van der Waals surface area contributed by atoms with Crippen molar-refractivity contribution in [3.63, 3.8) is 0 Å². The standard InChI is InChI=1S/C15H20N2O2S2/c1-3-12-6-4-5-7-14(12)17-21(18,19)15-9-8-13(20-15)10-11-16-2/h4-9,16-17H,3,10-11H2,1-2H3. The van der Waals surface area contributed by atoms with E-state index >= 15 is 0 Å². The van der Waals surface area contributed by atoms with Crippen molar-refractivity contribution < 1.29 is 8.42 Å². The van der Waals surface area contributed by atoms with Crippen molar-refractivity contribution >= 4 is 27.0 Å². The molecule has 1 aromatic carbocycles. The predicted octanol–water partition coefficient (Wildman–Crippen LogP) is 2.87. The van der Waals surface area contributed by atoms with Gasteiger partial charge in [-0.05, 0) is 50.2 Å². The van der Waals surface area contributed by atoms with Crippen LogP contribution in [-0.2, 0) is 22.9 Å². The Morgan fingerprint density at radius 1 is 1.14 bits per heavy atom. The quantitative estimate of drug-likeness (QED) is 0.823. The minimum Gasteiger partial charge on any atom is -0.319 e. The first-order valence-electron chi connectivity index (χ1n) is 6.91. The minimum absolute atomic E-state index is 0.361. The molecule has 21 heavy (non-hydrogen) atoms. The van der Waals surface area contributed by atoms with Gasteiger partial charge in [-0.3, -0.25) is 4.72 Å². The zero-order chi connectivity index (χ0) is 15.3. The Kier molecular flexibility index (Phi) is 5.39. The van der Waals surface area contributed by atoms with Gasteiger partial charge in [-0.1, -0.05) is 25.1 Å². The van der Waals surface area contributed by atoms with Crippen LogP contribution in [0, 0.1) is 0 Å². The molecule has 0 saturated carbocycles. The molecular formula is C15H20N2O2S2. The van der Waals surface area contributed by atoms with Gasteiger partial charge >= 0.3 is 0 Å². The summed E-state index contributed by atoms with van der Waals surface area (Å²) in [4.78, 5) is 1.06. The molecule has 0 unspecified atom stereocenters. The zero-order valence-electron chi connectivity index (χ0n) is 12.2. The second-order valence-electron chi connectivity index (χ2n) is 4.69. The lowest BCUT2D eigenvalue weighted by molar-refractivity contribution is 0.603. The van der Waals surface area contributed by atoms with Crippen LogP contribution in [-0.4, -0.2) is 22.0 Å². The Bertz CT molecular complexity index is 693. The maximum absolute atomic E-state index is 12.4. The average molecular weight is 324 g/mol. The first-order chi connectivity index (χ1) is 10.1. The lowest BCUT2D eigenvalue weighted by Crippen LogP contribution is -2.12. The van der Waals surface area contributed by atoms with E-state index in [-0.39, 0.29) is 0 Å². The number of sulfonamides is 1. The second kappa shape index (κ2) is 7.06. The molecule has 1 aromatic heterocycles. The Morgan fingerprint density at radius 3 is 2.62 bits per heavy atom. The van der Waals surface area contributed by atoms with Crippen LogP contribution in [0.3, 0.4) is 0 Å². The molecule has 2 N–H and O–H groups in total. The normalized spacial score (nSPS) is 11.5. The largest absolute Gasteiger partial charge is 0.319 e. The van der Waals surface area contributed by atoms with Gasteiger partial charge in [0.2, 0.25) is 0 Å². The number of hydrogen-bond acceptors (Lipinski definition) is 4. The fourth-order valence-electron chi connectivity index (χ4n) is 2.01. The van der Waals surface area contributed by atoms with Crippen molar-refractivity contribution in [2.45, 2.75) is 24.0 Å². The van der Waals surface area contributed by atoms with E-state index < -0.39 is 10.0 Å². The van der Waals surface area contributed by atoms with Gasteiger partial charge in [-0.15, -0.1) is 11.3 Å². The minimum atomic E-state index is -3.50. The first kappa shape index (κ1) is 16.0. The summed E-state index contributed by atoms with van der Waals surface area (Å²) in [5, 5.41) is 3.06. The molecule has 0 amide bonds. The van der Waals surface area contributed by atoms with Crippen molar-refractivity contribution in [3.8, 4) is 0 Å². The summed E-state index contributed by atoms with van der Waals surface area (Å²) in [5.41, 5.74) is 1.65. The van der Waals surface area contributed by atoms with Crippen LogP contribution < -0.4 is 10.0 Å². The third kappa shape index (κ3) is 4.06. The van der Waals surface area contributed by atoms with Crippen molar-refractivity contribution in [2.75, 3.05) is 18.3 Å². The van der Waals surface area contributed by atoms with Crippen molar-refractivity contribution in [1.29, 1.82) is 0 Å². The zero-order valence-corrected chi connectivity index (χ0v) is 13.9. The number of para-hydroxylation sites is 1. The summed E-state index contributed by atoms with van der Waals surface area (Å²) in [6.45, 7) is 2.85. The topological polar surface area (TPSA) is 58.2 Å². The smallest absolute Gasteiger partial charge is 0.271 e. The van der Waals surface area contributed by atoms with Crippen LogP contribution >= 0.6 is 11.3 Å². The maximum atomic E-state index is 12.4. The molecule has 0 aliphatic carbocycles. The second-order valence-corrected chi connectivity index (χ2v) is 7.77. The molecule has 2 rings (SSSR count). The summed E-state index contributed by atoms with van der Waals surface area (Å²) in [6, 6.07) is 11.0. The molecule has 2 aromatic rings. The van der Waals surface area contributed by atoms with Gasteiger partial charge in [-0.25, -0.2) is 8.42 Å². The van der Waals surface area contributed by atoms with E-state index in [2.05, 4.69) is 10.0 Å². The fourth-order valence-corrected chi connectivity index (χ4v) is 4.46. The van der Waals surface area contributed by atoms with Crippen LogP contribution in [0.4, 0.5) is 5.69 Å². The van der Waals surface area contributed by atoms with Crippen LogP contribution in [0.1, 0.15) is 17.4 Å². The molecule has 0 radical (unpaired) electrons. The van der Waals surface area contributed by atoms with Gasteiger partial charge in [0.25, 0.3) is 10.0 Å². The van der Waals surface area contributed by atoms with Gasteiger partial charge < -0.3 is 5.32 Å². The molecule has 0 aliphatic heterocycles. The molecule has 0 spiro atoms. The lowest BCUT2D eigenvalue weighted by atomic mass is 10.1. The Labute approximate surface area is 130 Å². The first-order valence-corrected chi connectivity index (χ1v) is 9.21. The SMILES string of the molecule is CCc1ccccc1NS(=O)(=O)c1ccc(CCNC)s1. The Hall–Kier alpha value is -1.37. The van der Waals surface area contributed by atoms with E-state index in [0.717, 1.165) is 29.8 Å². The van der Waals surface area contributed by atoms with E-state index in [0.29, 0.717) is 9.90 Å². The molecular weight excluding hydrogens is 304 g/mol. The van der Waals surface area contributed by atoms with Crippen LogP contribution in [0.15, 0.2) is 40.6 Å². The number of thiophene rings is 1. The molecule has 0 saturated heterocycles. The summed E-state index contributed by atoms with van der Waals surface area (Å²) >= 11 is 1.32. The van der Waals surface area contributed by atoms with Crippen molar-refractivity contribution in [3.05, 3.63) is 46.8 Å². The van der Waals surface area contributed by atoms with Gasteiger partial charge in [0.15, 0.2) is 0 Å². The molecule has 1 heterocycles. The van der Waals surface area contributed by atoms with Gasteiger partial charge in [-0.2, -0.15) is 0 Å². The molecule has 114 valence electrons. The van der Waals surface area contributed by atoms with E-state index in [4.69, 9.17) is 0 Å². The molecule has 0 atom stereocenters. The molecule has 0 fully saturated rings. The molecule has 0 aliphatic rings. The van der Waals surface area contributed by atoms with Gasteiger partial charge in [0, 0.05) is 4.88 Å². The van der Waals surface area contributed by atoms with Crippen LogP contribution in [0.25, 0.3) is 0 Å². The fraction of sp³-hybridized carbons (Fsp3) is 0.333. The summed E-state index contributed by atoms with van der Waals surface area (Å²) in [7, 11) is -1.62. The van der Waals surface area contributed by atoms with E-state index in [1.54, 1.807) is 12.1 Å². The highest BCUT2D eigenvalue weighted by Gasteiger charge is 2.18. The summed E-state index contributed by atoms with van der Waals surface area (Å²) in [5.74, 6) is 0. The summed E-state index contributed by atoms with van der Waals surface area (Å²) in [6.07, 6.45) is 1.62. The number of rotatable bonds is 7. The Morgan fingerprint density at radius 2 is 1.90 bits per heavy atom. The monoisotopic (exact) mass is 324 g/mol. The van der Waals surface area contributed by atoms with Crippen LogP contribution in [0.2, 0.25) is 0 Å². The third-order valence-corrected chi connectivity index (χ3v) is 6.17. The highest BCUT2D eigenvalue weighted by atomic mass is 32.2. The third-order valence-electron chi connectivity index (χ3n) is 3.17. The number of aryl methyl sites for hydroxylation is 1. The van der Waals surface area contributed by atoms with E-state index in [9.17, 15) is 8.42 Å². The molecule has 4 nitrogen and oxygen atoms in total. The van der Waals surface area contributed by atoms with E-state index in [1.165, 1.54) is 11.3 Å². The predicted molar refractivity (Wildman–Crippen MR) is 88.6 cm³/mol. The van der Waals surface area contributed by atoms with Crippen LogP contribution in [0.5, 0.6) is 0 Å². The van der Waals surface area contributed by atoms with Crippen molar-refractivity contribution in [1.82, 2.24) is 5.32 Å². The highest BCUT2D eigenvalue weighted by molar-refractivity contribution is 7.94. The maximum Gasteiger partial charge on any atom is 0.271 e. The number of likely N-dealkylation sites (N-methyl/N-ethyl adjacent to an activating group) is 1. The number of nitrogens with one attached hydrogen (secondary N) is 2. The lowest BCUT2D eigenvalue weighted by Gasteiger charge is -2.10. The Balaban J connectivity index is 2.20. The average Bonchev–Trinajstić information content (AvgIpc) is 2.95. The molecule has 0 bridgehead atoms.